The van der Waals surface area contributed by atoms with Gasteiger partial charge < -0.3 is 4.74 Å². The fourth-order valence-electron chi connectivity index (χ4n) is 2.35. The first-order valence-corrected chi connectivity index (χ1v) is 8.14. The van der Waals surface area contributed by atoms with Gasteiger partial charge in [-0.3, -0.25) is 25.1 Å². The summed E-state index contributed by atoms with van der Waals surface area (Å²) in [4.78, 5) is 23.6. The van der Waals surface area contributed by atoms with E-state index in [4.69, 9.17) is 4.74 Å². The van der Waals surface area contributed by atoms with Gasteiger partial charge in [0.25, 0.3) is 5.91 Å². The van der Waals surface area contributed by atoms with Gasteiger partial charge >= 0.3 is 0 Å². The highest BCUT2D eigenvalue weighted by Crippen LogP contribution is 2.20. The van der Waals surface area contributed by atoms with Gasteiger partial charge in [-0.05, 0) is 51.0 Å². The predicted octanol–water partition coefficient (Wildman–Crippen LogP) is 1.73. The molecular weight excluding hydrogens is 320 g/mol. The average molecular weight is 344 g/mol. The molecule has 0 aliphatic carbocycles. The van der Waals surface area contributed by atoms with Crippen LogP contribution in [0.3, 0.4) is 0 Å². The molecule has 134 valence electrons. The van der Waals surface area contributed by atoms with Crippen molar-refractivity contribution in [3.05, 3.63) is 46.8 Å². The van der Waals surface area contributed by atoms with Crippen molar-refractivity contribution in [3.63, 3.8) is 0 Å². The molecule has 2 aromatic rings. The summed E-state index contributed by atoms with van der Waals surface area (Å²) in [5, 5.41) is 4.20. The Kier molecular flexibility index (Phi) is 6.16. The van der Waals surface area contributed by atoms with Crippen molar-refractivity contribution in [1.29, 1.82) is 0 Å². The van der Waals surface area contributed by atoms with Gasteiger partial charge in [0.15, 0.2) is 0 Å². The Morgan fingerprint density at radius 2 is 1.84 bits per heavy atom. The highest BCUT2D eigenvalue weighted by Gasteiger charge is 2.09. The largest absolute Gasteiger partial charge is 0.493 e. The first-order valence-electron chi connectivity index (χ1n) is 8.14. The highest BCUT2D eigenvalue weighted by atomic mass is 16.5. The second kappa shape index (κ2) is 8.32. The number of carbonyl (C=O) groups excluding carboxylic acids is 2. The lowest BCUT2D eigenvalue weighted by Gasteiger charge is -2.11. The molecule has 0 spiro atoms. The molecule has 0 unspecified atom stereocenters. The number of ether oxygens (including phenoxy) is 1. The molecule has 0 atom stereocenters. The topological polar surface area (TPSA) is 85.2 Å². The molecule has 0 fully saturated rings. The summed E-state index contributed by atoms with van der Waals surface area (Å²) in [5.74, 6) is 0.114. The van der Waals surface area contributed by atoms with Crippen LogP contribution in [0.15, 0.2) is 24.3 Å². The van der Waals surface area contributed by atoms with Crippen LogP contribution in [0.5, 0.6) is 5.75 Å². The van der Waals surface area contributed by atoms with Gasteiger partial charge in [-0.25, -0.2) is 0 Å². The molecular formula is C18H24N4O3. The van der Waals surface area contributed by atoms with Gasteiger partial charge in [-0.2, -0.15) is 5.10 Å². The van der Waals surface area contributed by atoms with Gasteiger partial charge in [0.2, 0.25) is 5.91 Å². The Morgan fingerprint density at radius 1 is 1.12 bits per heavy atom. The second-order valence-corrected chi connectivity index (χ2v) is 5.98. The van der Waals surface area contributed by atoms with E-state index < -0.39 is 0 Å². The molecule has 2 amide bonds. The van der Waals surface area contributed by atoms with Crippen molar-refractivity contribution in [2.75, 3.05) is 6.61 Å². The summed E-state index contributed by atoms with van der Waals surface area (Å²) >= 11 is 0. The molecule has 7 nitrogen and oxygen atoms in total. The van der Waals surface area contributed by atoms with E-state index >= 15 is 0 Å². The lowest BCUT2D eigenvalue weighted by atomic mass is 10.1. The SMILES string of the molecule is Cc1cc(C)n(CC(=O)NNC(=O)CCOc2cccc(C)c2C)n1. The van der Waals surface area contributed by atoms with Gasteiger partial charge in [0, 0.05) is 5.69 Å². The lowest BCUT2D eigenvalue weighted by Crippen LogP contribution is -2.43. The van der Waals surface area contributed by atoms with Crippen molar-refractivity contribution in [2.45, 2.75) is 40.7 Å². The number of aromatic nitrogens is 2. The summed E-state index contributed by atoms with van der Waals surface area (Å²) in [5.41, 5.74) is 8.69. The Labute approximate surface area is 147 Å². The normalized spacial score (nSPS) is 10.4. The van der Waals surface area contributed by atoms with Crippen LogP contribution in [0.1, 0.15) is 28.9 Å². The summed E-state index contributed by atoms with van der Waals surface area (Å²) in [6.07, 6.45) is 0.146. The number of aryl methyl sites for hydroxylation is 3. The number of rotatable bonds is 6. The van der Waals surface area contributed by atoms with Crippen LogP contribution in [-0.4, -0.2) is 28.2 Å². The first kappa shape index (κ1) is 18.5. The Morgan fingerprint density at radius 3 is 2.52 bits per heavy atom. The van der Waals surface area contributed by atoms with Crippen LogP contribution < -0.4 is 15.6 Å². The number of amides is 2. The van der Waals surface area contributed by atoms with Crippen molar-refractivity contribution in [2.24, 2.45) is 0 Å². The van der Waals surface area contributed by atoms with E-state index in [0.29, 0.717) is 0 Å². The van der Waals surface area contributed by atoms with Crippen molar-refractivity contribution >= 4 is 11.8 Å². The third-order valence-electron chi connectivity index (χ3n) is 3.88. The summed E-state index contributed by atoms with van der Waals surface area (Å²) in [7, 11) is 0. The summed E-state index contributed by atoms with van der Waals surface area (Å²) in [6.45, 7) is 8.01. The van der Waals surface area contributed by atoms with Gasteiger partial charge in [0.1, 0.15) is 12.3 Å². The number of nitrogens with zero attached hydrogens (tertiary/aromatic N) is 2. The minimum Gasteiger partial charge on any atom is -0.493 e. The van der Waals surface area contributed by atoms with Gasteiger partial charge in [-0.15, -0.1) is 0 Å². The third kappa shape index (κ3) is 5.34. The molecule has 1 heterocycles. The Balaban J connectivity index is 1.71. The predicted molar refractivity (Wildman–Crippen MR) is 94.0 cm³/mol. The number of hydrogen-bond acceptors (Lipinski definition) is 4. The molecule has 0 aliphatic rings. The maximum Gasteiger partial charge on any atom is 0.260 e. The van der Waals surface area contributed by atoms with E-state index in [2.05, 4.69) is 16.0 Å². The quantitative estimate of drug-likeness (QED) is 0.782. The number of hydrogen-bond donors (Lipinski definition) is 2. The van der Waals surface area contributed by atoms with E-state index in [-0.39, 0.29) is 31.4 Å². The van der Waals surface area contributed by atoms with Gasteiger partial charge in [-0.1, -0.05) is 12.1 Å². The van der Waals surface area contributed by atoms with Crippen molar-refractivity contribution < 1.29 is 14.3 Å². The van der Waals surface area contributed by atoms with Crippen LogP contribution in [0.25, 0.3) is 0 Å². The number of nitrogens with one attached hydrogen (secondary N) is 2. The minimum absolute atomic E-state index is 0.0545. The van der Waals surface area contributed by atoms with Crippen LogP contribution in [-0.2, 0) is 16.1 Å². The van der Waals surface area contributed by atoms with E-state index in [1.807, 2.05) is 52.0 Å². The Hall–Kier alpha value is -2.83. The zero-order chi connectivity index (χ0) is 18.4. The monoisotopic (exact) mass is 344 g/mol. The van der Waals surface area contributed by atoms with Crippen molar-refractivity contribution in [1.82, 2.24) is 20.6 Å². The molecule has 0 saturated heterocycles. The molecule has 0 aliphatic heterocycles. The molecule has 0 saturated carbocycles. The minimum atomic E-state index is -0.338. The second-order valence-electron chi connectivity index (χ2n) is 5.98. The molecule has 25 heavy (non-hydrogen) atoms. The fraction of sp³-hybridized carbons (Fsp3) is 0.389. The van der Waals surface area contributed by atoms with E-state index in [9.17, 15) is 9.59 Å². The average Bonchev–Trinajstić information content (AvgIpc) is 2.87. The molecule has 2 rings (SSSR count). The lowest BCUT2D eigenvalue weighted by molar-refractivity contribution is -0.129. The first-order chi connectivity index (χ1) is 11.9. The molecule has 7 heteroatoms. The van der Waals surface area contributed by atoms with E-state index in [1.54, 1.807) is 4.68 Å². The number of carbonyl (C=O) groups is 2. The standard InChI is InChI=1S/C18H24N4O3/c1-12-6-5-7-16(15(12)4)25-9-8-17(23)19-20-18(24)11-22-14(3)10-13(2)21-22/h5-7,10H,8-9,11H2,1-4H3,(H,19,23)(H,20,24). The number of hydrazine groups is 1. The Bertz CT molecular complexity index is 768. The van der Waals surface area contributed by atoms with Crippen LogP contribution >= 0.6 is 0 Å². The molecule has 1 aromatic heterocycles. The maximum absolute atomic E-state index is 11.8. The van der Waals surface area contributed by atoms with Crippen molar-refractivity contribution in [3.8, 4) is 5.75 Å². The molecule has 0 bridgehead atoms. The number of benzene rings is 1. The van der Waals surface area contributed by atoms with Crippen LogP contribution in [0.2, 0.25) is 0 Å². The molecule has 0 radical (unpaired) electrons. The zero-order valence-corrected chi connectivity index (χ0v) is 15.0. The van der Waals surface area contributed by atoms with Crippen LogP contribution in [0.4, 0.5) is 0 Å². The summed E-state index contributed by atoms with van der Waals surface area (Å²) < 4.78 is 7.21. The highest BCUT2D eigenvalue weighted by molar-refractivity contribution is 5.81. The summed E-state index contributed by atoms with van der Waals surface area (Å²) in [6, 6.07) is 7.68. The zero-order valence-electron chi connectivity index (χ0n) is 15.0. The fourth-order valence-corrected chi connectivity index (χ4v) is 2.35. The van der Waals surface area contributed by atoms with E-state index in [0.717, 1.165) is 28.3 Å². The third-order valence-corrected chi connectivity index (χ3v) is 3.88. The van der Waals surface area contributed by atoms with E-state index in [1.165, 1.54) is 0 Å². The molecule has 1 aromatic carbocycles. The maximum atomic E-state index is 11.8. The smallest absolute Gasteiger partial charge is 0.260 e. The molecule has 2 N–H and O–H groups in total. The van der Waals surface area contributed by atoms with Crippen LogP contribution in [0, 0.1) is 27.7 Å². The van der Waals surface area contributed by atoms with Gasteiger partial charge in [0.05, 0.1) is 18.7 Å².